The number of fused-ring (bicyclic) bond motifs is 2. The smallest absolute Gasteiger partial charge is 0.329 e. The number of urea groups is 1. The molecule has 7 nitrogen and oxygen atoms in total. The van der Waals surface area contributed by atoms with Crippen molar-refractivity contribution in [3.8, 4) is 11.5 Å². The van der Waals surface area contributed by atoms with E-state index in [2.05, 4.69) is 4.90 Å². The van der Waals surface area contributed by atoms with E-state index in [1.165, 1.54) is 12.1 Å². The lowest BCUT2D eigenvalue weighted by atomic mass is 10.2. The zero-order valence-electron chi connectivity index (χ0n) is 17.5. The van der Waals surface area contributed by atoms with Crippen LogP contribution in [0.4, 0.5) is 20.6 Å². The molecule has 0 saturated carbocycles. The van der Waals surface area contributed by atoms with Crippen molar-refractivity contribution >= 4 is 17.4 Å². The quantitative estimate of drug-likeness (QED) is 0.680. The van der Waals surface area contributed by atoms with Crippen LogP contribution < -0.4 is 19.3 Å². The number of morpholine rings is 1. The third kappa shape index (κ3) is 3.93. The maximum Gasteiger partial charge on any atom is 0.329 e. The molecule has 3 fully saturated rings. The minimum atomic E-state index is -0.360. The first-order valence-corrected chi connectivity index (χ1v) is 10.6. The molecule has 3 aliphatic rings. The van der Waals surface area contributed by atoms with E-state index in [0.29, 0.717) is 49.0 Å². The lowest BCUT2D eigenvalue weighted by Gasteiger charge is -2.26. The van der Waals surface area contributed by atoms with Gasteiger partial charge in [-0.3, -0.25) is 14.7 Å². The van der Waals surface area contributed by atoms with Crippen LogP contribution >= 0.6 is 0 Å². The van der Waals surface area contributed by atoms with E-state index in [0.717, 1.165) is 31.8 Å². The predicted molar refractivity (Wildman–Crippen MR) is 115 cm³/mol. The molecule has 2 aromatic rings. The number of hydrogen-bond acceptors (Lipinski definition) is 5. The molecule has 164 valence electrons. The molecule has 8 heteroatoms. The van der Waals surface area contributed by atoms with Crippen LogP contribution in [0.3, 0.4) is 0 Å². The fourth-order valence-electron chi connectivity index (χ4n) is 4.63. The van der Waals surface area contributed by atoms with Crippen molar-refractivity contribution in [2.75, 3.05) is 56.3 Å². The molecule has 0 spiro atoms. The van der Waals surface area contributed by atoms with Crippen LogP contribution in [0.2, 0.25) is 0 Å². The number of halogens is 1. The first-order chi connectivity index (χ1) is 15.1. The molecule has 0 aliphatic carbocycles. The van der Waals surface area contributed by atoms with E-state index in [-0.39, 0.29) is 11.8 Å². The van der Waals surface area contributed by atoms with Crippen molar-refractivity contribution in [2.45, 2.75) is 18.6 Å². The maximum absolute atomic E-state index is 13.6. The highest BCUT2D eigenvalue weighted by atomic mass is 19.1. The van der Waals surface area contributed by atoms with Gasteiger partial charge in [0.15, 0.2) is 11.5 Å². The van der Waals surface area contributed by atoms with Crippen LogP contribution in [0.25, 0.3) is 0 Å². The van der Waals surface area contributed by atoms with Crippen molar-refractivity contribution in [3.63, 3.8) is 0 Å². The maximum atomic E-state index is 13.6. The van der Waals surface area contributed by atoms with Gasteiger partial charge in [-0.15, -0.1) is 0 Å². The van der Waals surface area contributed by atoms with Crippen LogP contribution in [0, 0.1) is 5.82 Å². The van der Waals surface area contributed by atoms with E-state index in [9.17, 15) is 9.18 Å². The SMILES string of the molecule is COc1ccc(N2CCN(c3cccc(F)c3)C2=O)cc1OCCN1CC2CC1CO2. The van der Waals surface area contributed by atoms with Crippen LogP contribution in [0.15, 0.2) is 42.5 Å². The summed E-state index contributed by atoms with van der Waals surface area (Å²) < 4.78 is 30.7. The van der Waals surface area contributed by atoms with Gasteiger partial charge in [-0.25, -0.2) is 9.18 Å². The molecular weight excluding hydrogens is 401 g/mol. The largest absolute Gasteiger partial charge is 0.493 e. The number of anilines is 2. The van der Waals surface area contributed by atoms with Crippen LogP contribution in [-0.4, -0.2) is 69.6 Å². The van der Waals surface area contributed by atoms with Crippen molar-refractivity contribution in [3.05, 3.63) is 48.3 Å². The van der Waals surface area contributed by atoms with E-state index < -0.39 is 0 Å². The highest BCUT2D eigenvalue weighted by Crippen LogP contribution is 2.34. The summed E-state index contributed by atoms with van der Waals surface area (Å²) in [6.45, 7) is 4.13. The van der Waals surface area contributed by atoms with Gasteiger partial charge in [0.1, 0.15) is 12.4 Å². The molecular formula is C23H26FN3O4. The molecule has 2 unspecified atom stereocenters. The standard InChI is InChI=1S/C23H26FN3O4/c1-29-21-6-5-18(13-22(21)30-10-9-25-14-20-12-19(25)15-31-20)27-8-7-26(23(27)28)17-4-2-3-16(24)11-17/h2-6,11,13,19-20H,7-10,12,14-15H2,1H3. The molecule has 0 aromatic heterocycles. The van der Waals surface area contributed by atoms with E-state index in [1.807, 2.05) is 18.2 Å². The zero-order chi connectivity index (χ0) is 21.4. The summed E-state index contributed by atoms with van der Waals surface area (Å²) in [5.41, 5.74) is 1.29. The molecule has 3 heterocycles. The molecule has 5 rings (SSSR count). The van der Waals surface area contributed by atoms with Gasteiger partial charge in [-0.1, -0.05) is 6.07 Å². The Hall–Kier alpha value is -2.84. The van der Waals surface area contributed by atoms with Crippen LogP contribution in [0.1, 0.15) is 6.42 Å². The van der Waals surface area contributed by atoms with Gasteiger partial charge in [0, 0.05) is 49.7 Å². The van der Waals surface area contributed by atoms with Crippen molar-refractivity contribution in [1.29, 1.82) is 0 Å². The number of ether oxygens (including phenoxy) is 3. The number of likely N-dealkylation sites (tertiary alicyclic amines) is 1. The Morgan fingerprint density at radius 3 is 2.58 bits per heavy atom. The Labute approximate surface area is 180 Å². The second-order valence-corrected chi connectivity index (χ2v) is 8.09. The predicted octanol–water partition coefficient (Wildman–Crippen LogP) is 3.13. The number of nitrogens with zero attached hydrogens (tertiary/aromatic N) is 3. The first-order valence-electron chi connectivity index (χ1n) is 10.6. The number of methoxy groups -OCH3 is 1. The lowest BCUT2D eigenvalue weighted by Crippen LogP contribution is -2.39. The Morgan fingerprint density at radius 1 is 1.10 bits per heavy atom. The summed E-state index contributed by atoms with van der Waals surface area (Å²) in [6, 6.07) is 11.9. The molecule has 0 radical (unpaired) electrons. The van der Waals surface area contributed by atoms with Crippen molar-refractivity contribution < 1.29 is 23.4 Å². The summed E-state index contributed by atoms with van der Waals surface area (Å²) >= 11 is 0. The van der Waals surface area contributed by atoms with Gasteiger partial charge in [-0.05, 0) is 36.8 Å². The highest BCUT2D eigenvalue weighted by Gasteiger charge is 2.38. The fraction of sp³-hybridized carbons (Fsp3) is 0.435. The first kappa shape index (κ1) is 20.1. The molecule has 0 N–H and O–H groups in total. The van der Waals surface area contributed by atoms with Crippen molar-refractivity contribution in [2.24, 2.45) is 0 Å². The second-order valence-electron chi connectivity index (χ2n) is 8.09. The third-order valence-corrected chi connectivity index (χ3v) is 6.24. The van der Waals surface area contributed by atoms with Gasteiger partial charge in [0.05, 0.1) is 19.8 Å². The summed E-state index contributed by atoms with van der Waals surface area (Å²) in [4.78, 5) is 18.6. The number of carbonyl (C=O) groups excluding carboxylic acids is 1. The van der Waals surface area contributed by atoms with E-state index in [1.54, 1.807) is 29.0 Å². The van der Waals surface area contributed by atoms with Gasteiger partial charge in [0.25, 0.3) is 0 Å². The average molecular weight is 427 g/mol. The third-order valence-electron chi connectivity index (χ3n) is 6.24. The molecule has 3 saturated heterocycles. The molecule has 2 aromatic carbocycles. The number of rotatable bonds is 7. The number of amides is 2. The van der Waals surface area contributed by atoms with E-state index in [4.69, 9.17) is 14.2 Å². The number of hydrogen-bond donors (Lipinski definition) is 0. The van der Waals surface area contributed by atoms with Gasteiger partial charge in [0.2, 0.25) is 0 Å². The fourth-order valence-corrected chi connectivity index (χ4v) is 4.63. The number of carbonyl (C=O) groups is 1. The second kappa shape index (κ2) is 8.36. The van der Waals surface area contributed by atoms with Gasteiger partial charge >= 0.3 is 6.03 Å². The van der Waals surface area contributed by atoms with Crippen molar-refractivity contribution in [1.82, 2.24) is 4.90 Å². The summed E-state index contributed by atoms with van der Waals surface area (Å²) in [6.07, 6.45) is 1.47. The molecule has 2 atom stereocenters. The average Bonchev–Trinajstić information content (AvgIpc) is 3.49. The van der Waals surface area contributed by atoms with Crippen LogP contribution in [-0.2, 0) is 4.74 Å². The van der Waals surface area contributed by atoms with Gasteiger partial charge in [-0.2, -0.15) is 0 Å². The van der Waals surface area contributed by atoms with Crippen LogP contribution in [0.5, 0.6) is 11.5 Å². The molecule has 3 aliphatic heterocycles. The Bertz CT molecular complexity index is 972. The molecule has 2 bridgehead atoms. The molecule has 2 amide bonds. The zero-order valence-corrected chi connectivity index (χ0v) is 17.5. The topological polar surface area (TPSA) is 54.5 Å². The summed E-state index contributed by atoms with van der Waals surface area (Å²) in [7, 11) is 1.60. The van der Waals surface area contributed by atoms with Gasteiger partial charge < -0.3 is 14.2 Å². The number of benzene rings is 2. The highest BCUT2D eigenvalue weighted by molar-refractivity contribution is 6.06. The minimum Gasteiger partial charge on any atom is -0.493 e. The summed E-state index contributed by atoms with van der Waals surface area (Å²) in [5.74, 6) is 0.878. The Morgan fingerprint density at radius 2 is 1.90 bits per heavy atom. The van der Waals surface area contributed by atoms with E-state index >= 15 is 0 Å². The normalized spacial score (nSPS) is 23.1. The minimum absolute atomic E-state index is 0.185. The monoisotopic (exact) mass is 427 g/mol. The Balaban J connectivity index is 1.27. The Kier molecular flexibility index (Phi) is 5.41. The lowest BCUT2D eigenvalue weighted by molar-refractivity contribution is 0.0257. The molecule has 31 heavy (non-hydrogen) atoms. The summed E-state index contributed by atoms with van der Waals surface area (Å²) in [5, 5.41) is 0.